The fourth-order valence-electron chi connectivity index (χ4n) is 3.14. The summed E-state index contributed by atoms with van der Waals surface area (Å²) < 4.78 is 10.8. The minimum absolute atomic E-state index is 0.301. The molecule has 0 bridgehead atoms. The number of ether oxygens (including phenoxy) is 2. The van der Waals surface area contributed by atoms with Crippen LogP contribution in [0.3, 0.4) is 0 Å². The average Bonchev–Trinajstić information content (AvgIpc) is 2.99. The lowest BCUT2D eigenvalue weighted by atomic mass is 10.0. The lowest BCUT2D eigenvalue weighted by Crippen LogP contribution is -2.24. The van der Waals surface area contributed by atoms with Gasteiger partial charge in [-0.3, -0.25) is 4.90 Å². The molecule has 4 nitrogen and oxygen atoms in total. The van der Waals surface area contributed by atoms with Crippen LogP contribution < -0.4 is 9.47 Å². The summed E-state index contributed by atoms with van der Waals surface area (Å²) in [7, 11) is 3.40. The number of aliphatic hydroxyl groups is 1. The van der Waals surface area contributed by atoms with Crippen LogP contribution in [0.5, 0.6) is 11.5 Å². The second kappa shape index (κ2) is 8.25. The normalized spacial score (nSPS) is 18.9. The van der Waals surface area contributed by atoms with E-state index in [0.29, 0.717) is 12.6 Å². The Morgan fingerprint density at radius 1 is 1.19 bits per heavy atom. The number of methoxy groups -OCH3 is 2. The molecule has 0 saturated carbocycles. The number of likely N-dealkylation sites (tertiary alicyclic amines) is 1. The summed E-state index contributed by atoms with van der Waals surface area (Å²) in [4.78, 5) is 2.54. The van der Waals surface area contributed by atoms with Crippen molar-refractivity contribution >= 4 is 0 Å². The highest BCUT2D eigenvalue weighted by Crippen LogP contribution is 2.38. The molecular weight excluding hydrogens is 266 g/mol. The Hall–Kier alpha value is -1.26. The summed E-state index contributed by atoms with van der Waals surface area (Å²) in [6.45, 7) is 2.55. The summed E-state index contributed by atoms with van der Waals surface area (Å²) >= 11 is 0. The van der Waals surface area contributed by atoms with Crippen molar-refractivity contribution in [3.8, 4) is 11.5 Å². The van der Waals surface area contributed by atoms with E-state index in [1.54, 1.807) is 14.2 Å². The predicted molar refractivity (Wildman–Crippen MR) is 84.0 cm³/mol. The largest absolute Gasteiger partial charge is 0.497 e. The van der Waals surface area contributed by atoms with E-state index in [1.807, 2.05) is 12.1 Å². The van der Waals surface area contributed by atoms with Crippen molar-refractivity contribution in [3.05, 3.63) is 23.8 Å². The molecule has 1 heterocycles. The summed E-state index contributed by atoms with van der Waals surface area (Å²) in [5.41, 5.74) is 1.26. The Morgan fingerprint density at radius 3 is 2.76 bits per heavy atom. The van der Waals surface area contributed by atoms with Gasteiger partial charge >= 0.3 is 0 Å². The molecule has 0 spiro atoms. The topological polar surface area (TPSA) is 41.9 Å². The summed E-state index contributed by atoms with van der Waals surface area (Å²) in [5.74, 6) is 1.75. The molecule has 21 heavy (non-hydrogen) atoms. The number of hydrogen-bond donors (Lipinski definition) is 1. The van der Waals surface area contributed by atoms with Gasteiger partial charge in [0.05, 0.1) is 14.2 Å². The maximum absolute atomic E-state index is 8.86. The molecule has 0 aromatic heterocycles. The molecule has 0 amide bonds. The van der Waals surface area contributed by atoms with Gasteiger partial charge in [-0.15, -0.1) is 0 Å². The first-order chi connectivity index (χ1) is 10.3. The number of aliphatic hydroxyl groups excluding tert-OH is 1. The van der Waals surface area contributed by atoms with Crippen LogP contribution in [0.25, 0.3) is 0 Å². The van der Waals surface area contributed by atoms with Gasteiger partial charge in [-0.25, -0.2) is 0 Å². The Balaban J connectivity index is 2.05. The zero-order chi connectivity index (χ0) is 15.1. The third-order valence-corrected chi connectivity index (χ3v) is 4.27. The van der Waals surface area contributed by atoms with Crippen molar-refractivity contribution in [1.29, 1.82) is 0 Å². The van der Waals surface area contributed by atoms with Gasteiger partial charge < -0.3 is 14.6 Å². The zero-order valence-electron chi connectivity index (χ0n) is 13.2. The SMILES string of the molecule is COc1ccc(C2CCCN2CCCCCO)c(OC)c1. The first-order valence-corrected chi connectivity index (χ1v) is 7.87. The fourth-order valence-corrected chi connectivity index (χ4v) is 3.14. The van der Waals surface area contributed by atoms with Crippen molar-refractivity contribution in [3.63, 3.8) is 0 Å². The summed E-state index contributed by atoms with van der Waals surface area (Å²) in [6.07, 6.45) is 5.57. The van der Waals surface area contributed by atoms with Crippen LogP contribution in [0.4, 0.5) is 0 Å². The van der Waals surface area contributed by atoms with Gasteiger partial charge in [-0.1, -0.05) is 6.07 Å². The Kier molecular flexibility index (Phi) is 6.33. The third-order valence-electron chi connectivity index (χ3n) is 4.27. The Bertz CT molecular complexity index is 436. The van der Waals surface area contributed by atoms with Crippen molar-refractivity contribution in [2.45, 2.75) is 38.1 Å². The van der Waals surface area contributed by atoms with Gasteiger partial charge in [-0.05, 0) is 51.3 Å². The van der Waals surface area contributed by atoms with E-state index in [1.165, 1.54) is 18.4 Å². The van der Waals surface area contributed by atoms with Crippen LogP contribution in [-0.4, -0.2) is 43.9 Å². The fraction of sp³-hybridized carbons (Fsp3) is 0.647. The Labute approximate surface area is 127 Å². The molecule has 1 aromatic carbocycles. The molecule has 1 unspecified atom stereocenters. The highest BCUT2D eigenvalue weighted by Gasteiger charge is 2.27. The van der Waals surface area contributed by atoms with Crippen molar-refractivity contribution in [2.24, 2.45) is 0 Å². The van der Waals surface area contributed by atoms with E-state index in [0.717, 1.165) is 43.9 Å². The Morgan fingerprint density at radius 2 is 2.05 bits per heavy atom. The molecule has 1 atom stereocenters. The average molecular weight is 293 g/mol. The molecule has 2 rings (SSSR count). The molecule has 1 aliphatic heterocycles. The molecule has 118 valence electrons. The van der Waals surface area contributed by atoms with Crippen LogP contribution in [-0.2, 0) is 0 Å². The van der Waals surface area contributed by atoms with Crippen molar-refractivity contribution < 1.29 is 14.6 Å². The molecule has 4 heteroatoms. The van der Waals surface area contributed by atoms with Gasteiger partial charge in [0.15, 0.2) is 0 Å². The van der Waals surface area contributed by atoms with Gasteiger partial charge in [-0.2, -0.15) is 0 Å². The zero-order valence-corrected chi connectivity index (χ0v) is 13.2. The minimum atomic E-state index is 0.301. The second-order valence-corrected chi connectivity index (χ2v) is 5.59. The van der Waals surface area contributed by atoms with Gasteiger partial charge in [0, 0.05) is 24.3 Å². The lowest BCUT2D eigenvalue weighted by molar-refractivity contribution is 0.237. The number of rotatable bonds is 8. The summed E-state index contributed by atoms with van der Waals surface area (Å²) in [5, 5.41) is 8.86. The van der Waals surface area contributed by atoms with Crippen molar-refractivity contribution in [2.75, 3.05) is 33.9 Å². The highest BCUT2D eigenvalue weighted by atomic mass is 16.5. The van der Waals surface area contributed by atoms with Crippen LogP contribution in [0.2, 0.25) is 0 Å². The third kappa shape index (κ3) is 4.11. The molecule has 0 radical (unpaired) electrons. The minimum Gasteiger partial charge on any atom is -0.497 e. The van der Waals surface area contributed by atoms with E-state index >= 15 is 0 Å². The van der Waals surface area contributed by atoms with Gasteiger partial charge in [0.2, 0.25) is 0 Å². The first kappa shape index (κ1) is 16.1. The maximum atomic E-state index is 8.86. The quantitative estimate of drug-likeness (QED) is 0.748. The summed E-state index contributed by atoms with van der Waals surface area (Å²) in [6, 6.07) is 6.56. The van der Waals surface area contributed by atoms with E-state index in [2.05, 4.69) is 11.0 Å². The molecule has 0 aliphatic carbocycles. The molecule has 1 N–H and O–H groups in total. The van der Waals surface area contributed by atoms with Gasteiger partial charge in [0.25, 0.3) is 0 Å². The van der Waals surface area contributed by atoms with E-state index in [9.17, 15) is 0 Å². The molecule has 1 fully saturated rings. The number of nitrogens with zero attached hydrogens (tertiary/aromatic N) is 1. The van der Waals surface area contributed by atoms with E-state index in [-0.39, 0.29) is 0 Å². The highest BCUT2D eigenvalue weighted by molar-refractivity contribution is 5.42. The molecule has 1 aliphatic rings. The van der Waals surface area contributed by atoms with Crippen molar-refractivity contribution in [1.82, 2.24) is 4.90 Å². The standard InChI is InChI=1S/C17H27NO3/c1-20-14-8-9-15(17(13-14)21-2)16-7-6-11-18(16)10-4-3-5-12-19/h8-9,13,16,19H,3-7,10-12H2,1-2H3. The van der Waals surface area contributed by atoms with Crippen LogP contribution >= 0.6 is 0 Å². The monoisotopic (exact) mass is 293 g/mol. The molecular formula is C17H27NO3. The van der Waals surface area contributed by atoms with E-state index in [4.69, 9.17) is 14.6 Å². The van der Waals surface area contributed by atoms with Crippen LogP contribution in [0, 0.1) is 0 Å². The molecule has 1 aromatic rings. The maximum Gasteiger partial charge on any atom is 0.127 e. The number of hydrogen-bond acceptors (Lipinski definition) is 4. The van der Waals surface area contributed by atoms with Crippen LogP contribution in [0.15, 0.2) is 18.2 Å². The van der Waals surface area contributed by atoms with E-state index < -0.39 is 0 Å². The smallest absolute Gasteiger partial charge is 0.127 e. The first-order valence-electron chi connectivity index (χ1n) is 7.87. The van der Waals surface area contributed by atoms with Gasteiger partial charge in [0.1, 0.15) is 11.5 Å². The predicted octanol–water partition coefficient (Wildman–Crippen LogP) is 3.00. The number of benzene rings is 1. The lowest BCUT2D eigenvalue weighted by Gasteiger charge is -2.26. The number of unbranched alkanes of at least 4 members (excludes halogenated alkanes) is 2. The second-order valence-electron chi connectivity index (χ2n) is 5.59. The van der Waals surface area contributed by atoms with Crippen LogP contribution in [0.1, 0.15) is 43.7 Å². The molecule has 1 saturated heterocycles.